The Kier molecular flexibility index (Phi) is 9.54. The van der Waals surface area contributed by atoms with Gasteiger partial charge >= 0.3 is 0 Å². The van der Waals surface area contributed by atoms with E-state index in [-0.39, 0.29) is 0 Å². The zero-order chi connectivity index (χ0) is 21.3. The van der Waals surface area contributed by atoms with E-state index in [1.54, 1.807) is 11.1 Å². The highest BCUT2D eigenvalue weighted by Crippen LogP contribution is 2.40. The Morgan fingerprint density at radius 3 is 2.33 bits per heavy atom. The minimum Gasteiger partial charge on any atom is -0.0851 e. The highest BCUT2D eigenvalue weighted by molar-refractivity contribution is 5.22. The largest absolute Gasteiger partial charge is 0.0851 e. The van der Waals surface area contributed by atoms with E-state index in [2.05, 4.69) is 64.2 Å². The monoisotopic (exact) mass is 408 g/mol. The van der Waals surface area contributed by atoms with Crippen molar-refractivity contribution in [3.8, 4) is 0 Å². The summed E-state index contributed by atoms with van der Waals surface area (Å²) in [6, 6.07) is 0. The SMILES string of the molecule is CC1=CC=C(CCC2CCC(C3C=CC(/C=C/C(C)CCC(C)C)CC3)CC2)CC1. The highest BCUT2D eigenvalue weighted by Gasteiger charge is 2.28. The summed E-state index contributed by atoms with van der Waals surface area (Å²) in [5.41, 5.74) is 3.26. The molecule has 0 amide bonds. The molecule has 0 radical (unpaired) electrons. The molecular weight excluding hydrogens is 360 g/mol. The molecule has 3 aliphatic rings. The summed E-state index contributed by atoms with van der Waals surface area (Å²) in [5.74, 6) is 5.08. The molecule has 3 rings (SSSR count). The molecule has 168 valence electrons. The van der Waals surface area contributed by atoms with Crippen LogP contribution in [0.5, 0.6) is 0 Å². The molecule has 1 saturated carbocycles. The smallest absolute Gasteiger partial charge is 0.00531 e. The fourth-order valence-electron chi connectivity index (χ4n) is 5.73. The maximum atomic E-state index is 2.60. The van der Waals surface area contributed by atoms with Crippen LogP contribution in [0, 0.1) is 35.5 Å². The lowest BCUT2D eigenvalue weighted by atomic mass is 9.71. The van der Waals surface area contributed by atoms with Gasteiger partial charge in [0.15, 0.2) is 0 Å². The minimum atomic E-state index is 0.695. The Morgan fingerprint density at radius 1 is 0.900 bits per heavy atom. The van der Waals surface area contributed by atoms with Gasteiger partial charge in [-0.1, -0.05) is 87.6 Å². The van der Waals surface area contributed by atoms with Gasteiger partial charge in [0.1, 0.15) is 0 Å². The number of rotatable bonds is 9. The van der Waals surface area contributed by atoms with Crippen molar-refractivity contribution in [2.75, 3.05) is 0 Å². The molecule has 0 saturated heterocycles. The second kappa shape index (κ2) is 12.1. The molecule has 0 N–H and O–H groups in total. The third kappa shape index (κ3) is 7.90. The van der Waals surface area contributed by atoms with Gasteiger partial charge in [0.2, 0.25) is 0 Å². The molecule has 30 heavy (non-hydrogen) atoms. The molecule has 0 bridgehead atoms. The first-order valence-corrected chi connectivity index (χ1v) is 13.2. The lowest BCUT2D eigenvalue weighted by Crippen LogP contribution is -2.23. The van der Waals surface area contributed by atoms with Gasteiger partial charge in [-0.2, -0.15) is 0 Å². The fraction of sp³-hybridized carbons (Fsp3) is 0.733. The summed E-state index contributed by atoms with van der Waals surface area (Å²) in [5, 5.41) is 0. The first-order chi connectivity index (χ1) is 14.5. The molecule has 3 aliphatic carbocycles. The third-order valence-corrected chi connectivity index (χ3v) is 8.14. The van der Waals surface area contributed by atoms with Crippen molar-refractivity contribution in [2.24, 2.45) is 35.5 Å². The summed E-state index contributed by atoms with van der Waals surface area (Å²) < 4.78 is 0. The third-order valence-electron chi connectivity index (χ3n) is 8.14. The number of allylic oxidation sites excluding steroid dienone is 8. The molecule has 0 aromatic carbocycles. The van der Waals surface area contributed by atoms with Crippen molar-refractivity contribution >= 4 is 0 Å². The van der Waals surface area contributed by atoms with E-state index in [1.165, 1.54) is 77.0 Å². The van der Waals surface area contributed by atoms with Crippen molar-refractivity contribution in [2.45, 2.75) is 105 Å². The summed E-state index contributed by atoms with van der Waals surface area (Å²) in [6.45, 7) is 9.32. The molecule has 0 aromatic rings. The molecule has 0 aliphatic heterocycles. The van der Waals surface area contributed by atoms with Crippen LogP contribution in [0.4, 0.5) is 0 Å². The molecule has 3 unspecified atom stereocenters. The van der Waals surface area contributed by atoms with Gasteiger partial charge in [0.05, 0.1) is 0 Å². The Bertz CT molecular complexity index is 620. The van der Waals surface area contributed by atoms with Crippen LogP contribution in [-0.2, 0) is 0 Å². The highest BCUT2D eigenvalue weighted by atomic mass is 14.3. The molecular formula is C30H48. The van der Waals surface area contributed by atoms with E-state index in [9.17, 15) is 0 Å². The Morgan fingerprint density at radius 2 is 1.70 bits per heavy atom. The van der Waals surface area contributed by atoms with Crippen molar-refractivity contribution in [1.82, 2.24) is 0 Å². The molecule has 1 fully saturated rings. The first-order valence-electron chi connectivity index (χ1n) is 13.2. The summed E-state index contributed by atoms with van der Waals surface area (Å²) >= 11 is 0. The van der Waals surface area contributed by atoms with E-state index in [4.69, 9.17) is 0 Å². The van der Waals surface area contributed by atoms with E-state index in [1.807, 2.05) is 0 Å². The molecule has 0 aromatic heterocycles. The lowest BCUT2D eigenvalue weighted by molar-refractivity contribution is 0.208. The van der Waals surface area contributed by atoms with E-state index in [0.29, 0.717) is 5.92 Å². The molecule has 0 nitrogen and oxygen atoms in total. The lowest BCUT2D eigenvalue weighted by Gasteiger charge is -2.35. The van der Waals surface area contributed by atoms with Crippen molar-refractivity contribution in [3.63, 3.8) is 0 Å². The van der Waals surface area contributed by atoms with Gasteiger partial charge in [0.25, 0.3) is 0 Å². The number of hydrogen-bond acceptors (Lipinski definition) is 0. The van der Waals surface area contributed by atoms with Crippen LogP contribution < -0.4 is 0 Å². The van der Waals surface area contributed by atoms with E-state index in [0.717, 1.165) is 29.6 Å². The summed E-state index contributed by atoms with van der Waals surface area (Å²) in [4.78, 5) is 0. The predicted octanol–water partition coefficient (Wildman–Crippen LogP) is 9.45. The second-order valence-corrected chi connectivity index (χ2v) is 11.3. The van der Waals surface area contributed by atoms with Crippen molar-refractivity contribution in [3.05, 3.63) is 47.6 Å². The quantitative estimate of drug-likeness (QED) is 0.333. The average Bonchev–Trinajstić information content (AvgIpc) is 2.76. The van der Waals surface area contributed by atoms with Gasteiger partial charge in [-0.25, -0.2) is 0 Å². The summed E-state index contributed by atoms with van der Waals surface area (Å²) in [6.07, 6.45) is 31.7. The normalized spacial score (nSPS) is 31.1. The second-order valence-electron chi connectivity index (χ2n) is 11.3. The average molecular weight is 409 g/mol. The van der Waals surface area contributed by atoms with Crippen LogP contribution >= 0.6 is 0 Å². The fourth-order valence-corrected chi connectivity index (χ4v) is 5.73. The van der Waals surface area contributed by atoms with Crippen LogP contribution in [0.15, 0.2) is 47.6 Å². The molecule has 3 atom stereocenters. The van der Waals surface area contributed by atoms with Crippen molar-refractivity contribution < 1.29 is 0 Å². The Balaban J connectivity index is 1.35. The van der Waals surface area contributed by atoms with E-state index < -0.39 is 0 Å². The zero-order valence-corrected chi connectivity index (χ0v) is 20.4. The number of hydrogen-bond donors (Lipinski definition) is 0. The van der Waals surface area contributed by atoms with Gasteiger partial charge < -0.3 is 0 Å². The van der Waals surface area contributed by atoms with Crippen LogP contribution in [0.2, 0.25) is 0 Å². The van der Waals surface area contributed by atoms with Gasteiger partial charge in [-0.15, -0.1) is 0 Å². The molecule has 0 spiro atoms. The Labute approximate surface area is 188 Å². The Hall–Kier alpha value is -1.04. The summed E-state index contributed by atoms with van der Waals surface area (Å²) in [7, 11) is 0. The van der Waals surface area contributed by atoms with Gasteiger partial charge in [-0.05, 0) is 100 Å². The molecule has 0 heterocycles. The van der Waals surface area contributed by atoms with Crippen LogP contribution in [0.1, 0.15) is 105 Å². The van der Waals surface area contributed by atoms with Crippen LogP contribution in [0.3, 0.4) is 0 Å². The topological polar surface area (TPSA) is 0 Å². The standard InChI is InChI=1S/C30H48/c1-23(2)5-6-24(3)7-12-27-15-19-29(20-16-27)30-21-17-28(18-22-30)14-13-26-10-8-25(4)9-11-26/h7-8,10,12,15,19,23-24,27-30H,5-6,9,11,13-14,16-18,20-22H2,1-4H3/b12-7+. The first kappa shape index (κ1) is 23.6. The van der Waals surface area contributed by atoms with E-state index >= 15 is 0 Å². The maximum absolute atomic E-state index is 2.60. The van der Waals surface area contributed by atoms with Crippen LogP contribution in [-0.4, -0.2) is 0 Å². The van der Waals surface area contributed by atoms with Crippen LogP contribution in [0.25, 0.3) is 0 Å². The van der Waals surface area contributed by atoms with Crippen molar-refractivity contribution in [1.29, 1.82) is 0 Å². The van der Waals surface area contributed by atoms with Gasteiger partial charge in [0, 0.05) is 0 Å². The zero-order valence-electron chi connectivity index (χ0n) is 20.4. The minimum absolute atomic E-state index is 0.695. The predicted molar refractivity (Wildman–Crippen MR) is 133 cm³/mol. The molecule has 0 heteroatoms. The maximum Gasteiger partial charge on any atom is -0.00531 e. The van der Waals surface area contributed by atoms with Gasteiger partial charge in [-0.3, -0.25) is 0 Å².